The van der Waals surface area contributed by atoms with Crippen molar-refractivity contribution in [3.05, 3.63) is 72.6 Å². The van der Waals surface area contributed by atoms with Gasteiger partial charge in [0.15, 0.2) is 0 Å². The summed E-state index contributed by atoms with van der Waals surface area (Å²) in [5, 5.41) is 2.34. The Bertz CT molecular complexity index is 644. The average Bonchev–Trinajstić information content (AvgIpc) is 2.46. The van der Waals surface area contributed by atoms with E-state index in [0.717, 1.165) is 16.7 Å². The number of benzene rings is 2. The first-order chi connectivity index (χ1) is 8.93. The molecule has 2 heteroatoms. The second-order valence-corrected chi connectivity index (χ2v) is 4.13. The predicted molar refractivity (Wildman–Crippen MR) is 72.5 cm³/mol. The molecule has 0 saturated carbocycles. The third kappa shape index (κ3) is 2.18. The van der Waals surface area contributed by atoms with Crippen LogP contribution in [0.25, 0.3) is 10.8 Å². The lowest BCUT2D eigenvalue weighted by Crippen LogP contribution is -1.96. The Labute approximate surface area is 106 Å². The van der Waals surface area contributed by atoms with E-state index in [-0.39, 0.29) is 0 Å². The Morgan fingerprint density at radius 2 is 1.78 bits per heavy atom. The third-order valence-corrected chi connectivity index (χ3v) is 2.87. The second kappa shape index (κ2) is 4.88. The molecule has 0 N–H and O–H groups in total. The van der Waals surface area contributed by atoms with E-state index in [2.05, 4.69) is 23.2 Å². The monoisotopic (exact) mass is 235 g/mol. The maximum Gasteiger partial charge on any atom is 0.127 e. The van der Waals surface area contributed by atoms with Gasteiger partial charge < -0.3 is 4.74 Å². The fraction of sp³-hybridized carbons (Fsp3) is 0.0625. The summed E-state index contributed by atoms with van der Waals surface area (Å²) in [6, 6.07) is 18.3. The van der Waals surface area contributed by atoms with Crippen molar-refractivity contribution in [2.24, 2.45) is 0 Å². The molecule has 1 aromatic heterocycles. The van der Waals surface area contributed by atoms with Gasteiger partial charge in [-0.3, -0.25) is 4.98 Å². The average molecular weight is 235 g/mol. The van der Waals surface area contributed by atoms with Crippen molar-refractivity contribution in [3.63, 3.8) is 0 Å². The fourth-order valence-electron chi connectivity index (χ4n) is 1.97. The number of hydrogen-bond acceptors (Lipinski definition) is 2. The molecule has 0 spiro atoms. The molecule has 0 bridgehead atoms. The summed E-state index contributed by atoms with van der Waals surface area (Å²) in [7, 11) is 0. The van der Waals surface area contributed by atoms with Gasteiger partial charge in [0.05, 0.1) is 0 Å². The van der Waals surface area contributed by atoms with Crippen LogP contribution in [0.1, 0.15) is 5.56 Å². The van der Waals surface area contributed by atoms with E-state index >= 15 is 0 Å². The first-order valence-corrected chi connectivity index (χ1v) is 5.93. The number of pyridine rings is 1. The Kier molecular flexibility index (Phi) is 2.92. The Hall–Kier alpha value is -2.35. The molecular weight excluding hydrogens is 222 g/mol. The normalized spacial score (nSPS) is 10.4. The van der Waals surface area contributed by atoms with E-state index in [9.17, 15) is 0 Å². The Morgan fingerprint density at radius 3 is 2.67 bits per heavy atom. The van der Waals surface area contributed by atoms with E-state index < -0.39 is 0 Å². The van der Waals surface area contributed by atoms with Crippen molar-refractivity contribution in [1.29, 1.82) is 0 Å². The van der Waals surface area contributed by atoms with Gasteiger partial charge in [-0.2, -0.15) is 0 Å². The molecule has 0 aliphatic heterocycles. The topological polar surface area (TPSA) is 22.1 Å². The molecule has 0 aliphatic carbocycles. The first kappa shape index (κ1) is 10.8. The molecular formula is C16H13NO. The molecule has 0 atom stereocenters. The molecule has 3 aromatic rings. The summed E-state index contributed by atoms with van der Waals surface area (Å²) < 4.78 is 5.87. The zero-order chi connectivity index (χ0) is 12.2. The third-order valence-electron chi connectivity index (χ3n) is 2.87. The van der Waals surface area contributed by atoms with Crippen LogP contribution in [0.5, 0.6) is 5.75 Å². The highest BCUT2D eigenvalue weighted by molar-refractivity contribution is 5.88. The number of aromatic nitrogens is 1. The minimum Gasteiger partial charge on any atom is -0.488 e. The van der Waals surface area contributed by atoms with Gasteiger partial charge in [0.25, 0.3) is 0 Å². The zero-order valence-electron chi connectivity index (χ0n) is 9.91. The highest BCUT2D eigenvalue weighted by Crippen LogP contribution is 2.25. The lowest BCUT2D eigenvalue weighted by atomic mass is 10.1. The molecule has 1 heterocycles. The zero-order valence-corrected chi connectivity index (χ0v) is 9.91. The minimum absolute atomic E-state index is 0.543. The van der Waals surface area contributed by atoms with Crippen LogP contribution in [0.3, 0.4) is 0 Å². The van der Waals surface area contributed by atoms with Crippen LogP contribution in [0.2, 0.25) is 0 Å². The molecule has 0 radical (unpaired) electrons. The standard InChI is InChI=1S/C16H13NO/c1-2-8-15-14(6-1)7-3-9-16(15)18-12-13-5-4-10-17-11-13/h1-11H,12H2. The summed E-state index contributed by atoms with van der Waals surface area (Å²) in [5.74, 6) is 0.914. The van der Waals surface area contributed by atoms with Crippen LogP contribution >= 0.6 is 0 Å². The van der Waals surface area contributed by atoms with E-state index in [1.807, 2.05) is 42.6 Å². The van der Waals surface area contributed by atoms with Gasteiger partial charge in [-0.15, -0.1) is 0 Å². The molecule has 0 fully saturated rings. The van der Waals surface area contributed by atoms with E-state index in [4.69, 9.17) is 4.74 Å². The van der Waals surface area contributed by atoms with E-state index in [1.54, 1.807) is 6.20 Å². The van der Waals surface area contributed by atoms with E-state index in [0.29, 0.717) is 6.61 Å². The number of hydrogen-bond donors (Lipinski definition) is 0. The van der Waals surface area contributed by atoms with Crippen molar-refractivity contribution in [2.45, 2.75) is 6.61 Å². The summed E-state index contributed by atoms with van der Waals surface area (Å²) >= 11 is 0. The Balaban J connectivity index is 1.87. The highest BCUT2D eigenvalue weighted by atomic mass is 16.5. The van der Waals surface area contributed by atoms with Gasteiger partial charge >= 0.3 is 0 Å². The quantitative estimate of drug-likeness (QED) is 0.688. The van der Waals surface area contributed by atoms with Crippen LogP contribution < -0.4 is 4.74 Å². The lowest BCUT2D eigenvalue weighted by molar-refractivity contribution is 0.309. The van der Waals surface area contributed by atoms with Gasteiger partial charge in [-0.25, -0.2) is 0 Å². The summed E-state index contributed by atoms with van der Waals surface area (Å²) in [4.78, 5) is 4.08. The van der Waals surface area contributed by atoms with Gasteiger partial charge in [-0.1, -0.05) is 42.5 Å². The van der Waals surface area contributed by atoms with Crippen LogP contribution in [0, 0.1) is 0 Å². The van der Waals surface area contributed by atoms with Crippen LogP contribution in [0.4, 0.5) is 0 Å². The van der Waals surface area contributed by atoms with Gasteiger partial charge in [0.2, 0.25) is 0 Å². The summed E-state index contributed by atoms with van der Waals surface area (Å²) in [6.45, 7) is 0.543. The number of rotatable bonds is 3. The predicted octanol–water partition coefficient (Wildman–Crippen LogP) is 3.81. The van der Waals surface area contributed by atoms with E-state index in [1.165, 1.54) is 5.39 Å². The molecule has 18 heavy (non-hydrogen) atoms. The summed E-state index contributed by atoms with van der Waals surface area (Å²) in [6.07, 6.45) is 3.59. The largest absolute Gasteiger partial charge is 0.488 e. The Morgan fingerprint density at radius 1 is 0.889 bits per heavy atom. The lowest BCUT2D eigenvalue weighted by Gasteiger charge is -2.09. The van der Waals surface area contributed by atoms with Crippen LogP contribution in [-0.4, -0.2) is 4.98 Å². The molecule has 0 saturated heterocycles. The molecule has 88 valence electrons. The molecule has 2 aromatic carbocycles. The van der Waals surface area contributed by atoms with Crippen LogP contribution in [-0.2, 0) is 6.61 Å². The molecule has 3 rings (SSSR count). The number of ether oxygens (including phenoxy) is 1. The van der Waals surface area contributed by atoms with Crippen molar-refractivity contribution >= 4 is 10.8 Å². The van der Waals surface area contributed by atoms with Crippen molar-refractivity contribution in [3.8, 4) is 5.75 Å². The molecule has 0 amide bonds. The minimum atomic E-state index is 0.543. The maximum absolute atomic E-state index is 5.87. The van der Waals surface area contributed by atoms with Crippen molar-refractivity contribution in [1.82, 2.24) is 4.98 Å². The second-order valence-electron chi connectivity index (χ2n) is 4.13. The van der Waals surface area contributed by atoms with Gasteiger partial charge in [-0.05, 0) is 17.5 Å². The fourth-order valence-corrected chi connectivity index (χ4v) is 1.97. The smallest absolute Gasteiger partial charge is 0.127 e. The molecule has 2 nitrogen and oxygen atoms in total. The number of fused-ring (bicyclic) bond motifs is 1. The van der Waals surface area contributed by atoms with Crippen molar-refractivity contribution in [2.75, 3.05) is 0 Å². The first-order valence-electron chi connectivity index (χ1n) is 5.93. The number of nitrogens with zero attached hydrogens (tertiary/aromatic N) is 1. The van der Waals surface area contributed by atoms with Gasteiger partial charge in [0.1, 0.15) is 12.4 Å². The van der Waals surface area contributed by atoms with Gasteiger partial charge in [0, 0.05) is 23.3 Å². The van der Waals surface area contributed by atoms with Crippen molar-refractivity contribution < 1.29 is 4.74 Å². The molecule has 0 unspecified atom stereocenters. The van der Waals surface area contributed by atoms with Crippen LogP contribution in [0.15, 0.2) is 67.0 Å². The summed E-state index contributed by atoms with van der Waals surface area (Å²) in [5.41, 5.74) is 1.07. The SMILES string of the molecule is c1cncc(COc2cccc3ccccc23)c1. The highest BCUT2D eigenvalue weighted by Gasteiger charge is 2.01. The maximum atomic E-state index is 5.87. The molecule has 0 aliphatic rings.